The van der Waals surface area contributed by atoms with Gasteiger partial charge in [-0.15, -0.1) is 0 Å². The molecule has 0 aliphatic carbocycles. The van der Waals surface area contributed by atoms with Gasteiger partial charge in [-0.25, -0.2) is 8.42 Å². The summed E-state index contributed by atoms with van der Waals surface area (Å²) in [6.45, 7) is 3.43. The van der Waals surface area contributed by atoms with Gasteiger partial charge in [-0.3, -0.25) is 4.79 Å². The van der Waals surface area contributed by atoms with Gasteiger partial charge in [0.15, 0.2) is 0 Å². The summed E-state index contributed by atoms with van der Waals surface area (Å²) >= 11 is 0. The smallest absolute Gasteiger partial charge is 0.242 e. The van der Waals surface area contributed by atoms with Crippen molar-refractivity contribution >= 4 is 21.6 Å². The summed E-state index contributed by atoms with van der Waals surface area (Å²) in [4.78, 5) is 12.2. The number of carbonyl (C=O) groups is 1. The maximum Gasteiger partial charge on any atom is 0.242 e. The lowest BCUT2D eigenvalue weighted by atomic mass is 10.2. The van der Waals surface area contributed by atoms with Gasteiger partial charge in [0, 0.05) is 5.69 Å². The van der Waals surface area contributed by atoms with Gasteiger partial charge in [0.2, 0.25) is 15.9 Å². The molecule has 2 N–H and O–H groups in total. The molecular weight excluding hydrogens is 328 g/mol. The molecule has 2 rings (SSSR count). The van der Waals surface area contributed by atoms with Crippen molar-refractivity contribution in [1.29, 1.82) is 0 Å². The minimum atomic E-state index is -3.79. The van der Waals surface area contributed by atoms with Gasteiger partial charge in [0.1, 0.15) is 5.75 Å². The minimum Gasteiger partial charge on any atom is -0.497 e. The zero-order chi connectivity index (χ0) is 17.7. The number of amides is 1. The third kappa shape index (κ3) is 4.56. The van der Waals surface area contributed by atoms with Gasteiger partial charge in [0.05, 0.1) is 18.0 Å². The number of benzene rings is 2. The summed E-state index contributed by atoms with van der Waals surface area (Å²) in [5.74, 6) is 0.120. The van der Waals surface area contributed by atoms with Crippen LogP contribution in [-0.2, 0) is 14.8 Å². The Morgan fingerprint density at radius 1 is 1.04 bits per heavy atom. The van der Waals surface area contributed by atoms with Crippen molar-refractivity contribution < 1.29 is 17.9 Å². The topological polar surface area (TPSA) is 84.5 Å². The van der Waals surface area contributed by atoms with Crippen molar-refractivity contribution in [2.45, 2.75) is 24.8 Å². The number of carbonyl (C=O) groups excluding carboxylic acids is 1. The number of ether oxygens (including phenoxy) is 1. The van der Waals surface area contributed by atoms with E-state index in [1.165, 1.54) is 26.2 Å². The molecule has 0 unspecified atom stereocenters. The van der Waals surface area contributed by atoms with E-state index >= 15 is 0 Å². The summed E-state index contributed by atoms with van der Waals surface area (Å²) in [6, 6.07) is 12.3. The van der Waals surface area contributed by atoms with E-state index in [-0.39, 0.29) is 4.90 Å². The van der Waals surface area contributed by atoms with Crippen LogP contribution in [0.1, 0.15) is 12.5 Å². The molecule has 0 spiro atoms. The summed E-state index contributed by atoms with van der Waals surface area (Å²) in [5.41, 5.74) is 1.68. The molecule has 0 bridgehead atoms. The van der Waals surface area contributed by atoms with E-state index in [4.69, 9.17) is 4.74 Å². The zero-order valence-electron chi connectivity index (χ0n) is 13.7. The van der Waals surface area contributed by atoms with Crippen molar-refractivity contribution in [3.05, 3.63) is 54.1 Å². The van der Waals surface area contributed by atoms with E-state index < -0.39 is 22.0 Å². The van der Waals surface area contributed by atoms with Crippen molar-refractivity contribution in [2.75, 3.05) is 12.4 Å². The van der Waals surface area contributed by atoms with E-state index in [0.29, 0.717) is 11.4 Å². The Balaban J connectivity index is 2.04. The molecule has 0 aromatic heterocycles. The van der Waals surface area contributed by atoms with E-state index in [9.17, 15) is 13.2 Å². The Morgan fingerprint density at radius 3 is 2.17 bits per heavy atom. The molecule has 0 fully saturated rings. The second-order valence-corrected chi connectivity index (χ2v) is 7.09. The quantitative estimate of drug-likeness (QED) is 0.839. The largest absolute Gasteiger partial charge is 0.497 e. The first-order valence-electron chi connectivity index (χ1n) is 7.36. The fourth-order valence-corrected chi connectivity index (χ4v) is 3.20. The molecule has 0 radical (unpaired) electrons. The molecule has 0 saturated heterocycles. The van der Waals surface area contributed by atoms with Crippen molar-refractivity contribution in [3.8, 4) is 5.75 Å². The number of anilines is 1. The summed E-state index contributed by atoms with van der Waals surface area (Å²) in [7, 11) is -2.30. The van der Waals surface area contributed by atoms with Crippen LogP contribution in [0.3, 0.4) is 0 Å². The van der Waals surface area contributed by atoms with E-state index in [1.807, 2.05) is 19.1 Å². The van der Waals surface area contributed by atoms with Gasteiger partial charge >= 0.3 is 0 Å². The molecule has 1 amide bonds. The monoisotopic (exact) mass is 348 g/mol. The Labute approximate surface area is 141 Å². The Bertz CT molecular complexity index is 799. The molecule has 0 aliphatic heterocycles. The summed E-state index contributed by atoms with van der Waals surface area (Å²) in [5, 5.41) is 2.68. The van der Waals surface area contributed by atoms with Crippen LogP contribution in [0.2, 0.25) is 0 Å². The highest BCUT2D eigenvalue weighted by atomic mass is 32.2. The van der Waals surface area contributed by atoms with E-state index in [2.05, 4.69) is 10.0 Å². The molecule has 2 aromatic rings. The third-order valence-corrected chi connectivity index (χ3v) is 4.97. The fraction of sp³-hybridized carbons (Fsp3) is 0.235. The van der Waals surface area contributed by atoms with Crippen LogP contribution in [0, 0.1) is 6.92 Å². The van der Waals surface area contributed by atoms with Crippen LogP contribution in [-0.4, -0.2) is 27.5 Å². The number of nitrogens with one attached hydrogen (secondary N) is 2. The average molecular weight is 348 g/mol. The van der Waals surface area contributed by atoms with Crippen LogP contribution < -0.4 is 14.8 Å². The van der Waals surface area contributed by atoms with Crippen molar-refractivity contribution in [1.82, 2.24) is 4.72 Å². The number of sulfonamides is 1. The molecule has 0 saturated carbocycles. The van der Waals surface area contributed by atoms with Crippen LogP contribution in [0.5, 0.6) is 5.75 Å². The second-order valence-electron chi connectivity index (χ2n) is 5.37. The number of aryl methyl sites for hydroxylation is 1. The molecule has 6 nitrogen and oxygen atoms in total. The molecule has 0 aliphatic rings. The normalized spacial score (nSPS) is 12.5. The first-order valence-corrected chi connectivity index (χ1v) is 8.84. The lowest BCUT2D eigenvalue weighted by Crippen LogP contribution is -2.41. The van der Waals surface area contributed by atoms with Gasteiger partial charge in [0.25, 0.3) is 0 Å². The van der Waals surface area contributed by atoms with Crippen molar-refractivity contribution in [2.24, 2.45) is 0 Å². The predicted molar refractivity (Wildman–Crippen MR) is 92.6 cm³/mol. The van der Waals surface area contributed by atoms with Crippen LogP contribution in [0.15, 0.2) is 53.4 Å². The average Bonchev–Trinajstić information content (AvgIpc) is 2.56. The summed E-state index contributed by atoms with van der Waals surface area (Å²) < 4.78 is 32.0. The zero-order valence-corrected chi connectivity index (χ0v) is 14.6. The first kappa shape index (κ1) is 18.0. The molecule has 0 heterocycles. The van der Waals surface area contributed by atoms with Crippen molar-refractivity contribution in [3.63, 3.8) is 0 Å². The lowest BCUT2D eigenvalue weighted by Gasteiger charge is -2.15. The van der Waals surface area contributed by atoms with Gasteiger partial charge in [-0.05, 0) is 50.2 Å². The van der Waals surface area contributed by atoms with Gasteiger partial charge < -0.3 is 10.1 Å². The fourth-order valence-electron chi connectivity index (χ4n) is 2.00. The number of methoxy groups -OCH3 is 1. The summed E-state index contributed by atoms with van der Waals surface area (Å²) in [6.07, 6.45) is 0. The molecule has 2 aromatic carbocycles. The SMILES string of the molecule is COc1ccc(S(=O)(=O)N[C@@H](C)C(=O)Nc2ccc(C)cc2)cc1. The Morgan fingerprint density at radius 2 is 1.62 bits per heavy atom. The Hall–Kier alpha value is -2.38. The molecule has 7 heteroatoms. The number of hydrogen-bond acceptors (Lipinski definition) is 4. The maximum absolute atomic E-state index is 12.3. The van der Waals surface area contributed by atoms with Crippen LogP contribution in [0.25, 0.3) is 0 Å². The molecular formula is C17H20N2O4S. The van der Waals surface area contributed by atoms with Gasteiger partial charge in [-0.1, -0.05) is 17.7 Å². The van der Waals surface area contributed by atoms with Crippen LogP contribution >= 0.6 is 0 Å². The first-order chi connectivity index (χ1) is 11.3. The number of hydrogen-bond donors (Lipinski definition) is 2. The van der Waals surface area contributed by atoms with E-state index in [1.54, 1.807) is 24.3 Å². The molecule has 1 atom stereocenters. The third-order valence-electron chi connectivity index (χ3n) is 3.41. The number of rotatable bonds is 6. The van der Waals surface area contributed by atoms with E-state index in [0.717, 1.165) is 5.56 Å². The predicted octanol–water partition coefficient (Wildman–Crippen LogP) is 2.31. The minimum absolute atomic E-state index is 0.0679. The van der Waals surface area contributed by atoms with Crippen LogP contribution in [0.4, 0.5) is 5.69 Å². The standard InChI is InChI=1S/C17H20N2O4S/c1-12-4-6-14(7-5-12)18-17(20)13(2)19-24(21,22)16-10-8-15(23-3)9-11-16/h4-11,13,19H,1-3H3,(H,18,20)/t13-/m0/s1. The highest BCUT2D eigenvalue weighted by Crippen LogP contribution is 2.16. The second kappa shape index (κ2) is 7.46. The molecule has 128 valence electrons. The molecule has 24 heavy (non-hydrogen) atoms. The Kier molecular flexibility index (Phi) is 5.58. The highest BCUT2D eigenvalue weighted by molar-refractivity contribution is 7.89. The lowest BCUT2D eigenvalue weighted by molar-refractivity contribution is -0.117. The van der Waals surface area contributed by atoms with Gasteiger partial charge in [-0.2, -0.15) is 4.72 Å². The highest BCUT2D eigenvalue weighted by Gasteiger charge is 2.22. The maximum atomic E-state index is 12.3.